The number of phenolic OH excluding ortho intramolecular Hbond substituents is 1. The van der Waals surface area contributed by atoms with Crippen LogP contribution in [0.4, 0.5) is 5.69 Å². The van der Waals surface area contributed by atoms with Gasteiger partial charge in [-0.3, -0.25) is 9.59 Å². The Balaban J connectivity index is 1.39. The second kappa shape index (κ2) is 9.14. The fourth-order valence-electron chi connectivity index (χ4n) is 3.58. The van der Waals surface area contributed by atoms with Crippen molar-refractivity contribution < 1.29 is 14.7 Å². The Morgan fingerprint density at radius 3 is 2.55 bits per heavy atom. The standard InChI is InChI=1S/C23H21ClN4O3/c24-18-8-6-15(7-9-18)23(31)28-10-2-4-17(14-28)22(30)27-19-12-25-21(26-13-19)16-3-1-5-20(29)11-16/h1,3,5-9,11-13,17,29H,2,4,10,14H2,(H,27,30). The van der Waals surface area contributed by atoms with Crippen LogP contribution < -0.4 is 5.32 Å². The van der Waals surface area contributed by atoms with Gasteiger partial charge in [0, 0.05) is 29.2 Å². The van der Waals surface area contributed by atoms with Crippen molar-refractivity contribution in [3.63, 3.8) is 0 Å². The predicted molar refractivity (Wildman–Crippen MR) is 118 cm³/mol. The first kappa shape index (κ1) is 20.8. The highest BCUT2D eigenvalue weighted by Gasteiger charge is 2.29. The molecule has 158 valence electrons. The first-order valence-corrected chi connectivity index (χ1v) is 10.3. The average Bonchev–Trinajstić information content (AvgIpc) is 2.80. The number of anilines is 1. The normalized spacial score (nSPS) is 16.0. The number of piperidine rings is 1. The van der Waals surface area contributed by atoms with Crippen LogP contribution in [-0.4, -0.2) is 44.9 Å². The minimum Gasteiger partial charge on any atom is -0.508 e. The summed E-state index contributed by atoms with van der Waals surface area (Å²) in [6.45, 7) is 0.975. The molecule has 4 rings (SSSR count). The highest BCUT2D eigenvalue weighted by Crippen LogP contribution is 2.23. The van der Waals surface area contributed by atoms with Gasteiger partial charge in [-0.1, -0.05) is 23.7 Å². The molecule has 1 unspecified atom stereocenters. The molecule has 1 aromatic heterocycles. The fraction of sp³-hybridized carbons (Fsp3) is 0.217. The fourth-order valence-corrected chi connectivity index (χ4v) is 3.71. The summed E-state index contributed by atoms with van der Waals surface area (Å²) < 4.78 is 0. The molecule has 0 radical (unpaired) electrons. The molecule has 0 spiro atoms. The van der Waals surface area contributed by atoms with E-state index in [4.69, 9.17) is 11.6 Å². The molecule has 0 saturated carbocycles. The lowest BCUT2D eigenvalue weighted by Gasteiger charge is -2.32. The number of carbonyl (C=O) groups is 2. The molecule has 2 heterocycles. The Labute approximate surface area is 184 Å². The van der Waals surface area contributed by atoms with Crippen molar-refractivity contribution >= 4 is 29.1 Å². The van der Waals surface area contributed by atoms with Gasteiger partial charge in [0.25, 0.3) is 5.91 Å². The van der Waals surface area contributed by atoms with Crippen LogP contribution >= 0.6 is 11.6 Å². The van der Waals surface area contributed by atoms with Crippen molar-refractivity contribution in [1.29, 1.82) is 0 Å². The van der Waals surface area contributed by atoms with Crippen LogP contribution in [0.1, 0.15) is 23.2 Å². The Hall–Kier alpha value is -3.45. The summed E-state index contributed by atoms with van der Waals surface area (Å²) in [5.41, 5.74) is 1.72. The van der Waals surface area contributed by atoms with Gasteiger partial charge in [-0.25, -0.2) is 9.97 Å². The molecular formula is C23H21ClN4O3. The molecule has 2 amide bonds. The Morgan fingerprint density at radius 2 is 1.84 bits per heavy atom. The third-order valence-corrected chi connectivity index (χ3v) is 5.45. The molecule has 2 N–H and O–H groups in total. The number of hydrogen-bond acceptors (Lipinski definition) is 5. The van der Waals surface area contributed by atoms with Crippen molar-refractivity contribution in [3.8, 4) is 17.1 Å². The molecule has 7 nitrogen and oxygen atoms in total. The van der Waals surface area contributed by atoms with Gasteiger partial charge in [-0.05, 0) is 49.2 Å². The highest BCUT2D eigenvalue weighted by atomic mass is 35.5. The summed E-state index contributed by atoms with van der Waals surface area (Å²) in [5.74, 6) is 0.00538. The number of nitrogens with zero attached hydrogens (tertiary/aromatic N) is 3. The monoisotopic (exact) mass is 436 g/mol. The quantitative estimate of drug-likeness (QED) is 0.644. The zero-order valence-electron chi connectivity index (χ0n) is 16.7. The molecule has 1 atom stereocenters. The van der Waals surface area contributed by atoms with Gasteiger partial charge in [0.2, 0.25) is 5.91 Å². The van der Waals surface area contributed by atoms with E-state index in [0.29, 0.717) is 47.2 Å². The van der Waals surface area contributed by atoms with Gasteiger partial charge in [0.05, 0.1) is 24.0 Å². The molecule has 1 aliphatic heterocycles. The number of aromatic nitrogens is 2. The number of hydrogen-bond donors (Lipinski definition) is 2. The van der Waals surface area contributed by atoms with Gasteiger partial charge < -0.3 is 15.3 Å². The molecule has 31 heavy (non-hydrogen) atoms. The van der Waals surface area contributed by atoms with Crippen molar-refractivity contribution in [2.24, 2.45) is 5.92 Å². The zero-order valence-corrected chi connectivity index (χ0v) is 17.4. The van der Waals surface area contributed by atoms with E-state index in [2.05, 4.69) is 15.3 Å². The molecule has 0 aliphatic carbocycles. The maximum absolute atomic E-state index is 12.8. The summed E-state index contributed by atoms with van der Waals surface area (Å²) in [7, 11) is 0. The first-order valence-electron chi connectivity index (χ1n) is 9.97. The number of benzene rings is 2. The van der Waals surface area contributed by atoms with Crippen LogP contribution in [0.15, 0.2) is 60.9 Å². The zero-order chi connectivity index (χ0) is 21.8. The van der Waals surface area contributed by atoms with Crippen LogP contribution in [0.5, 0.6) is 5.75 Å². The number of amides is 2. The Bertz CT molecular complexity index is 1090. The second-order valence-corrected chi connectivity index (χ2v) is 7.87. The topological polar surface area (TPSA) is 95.4 Å². The Kier molecular flexibility index (Phi) is 6.13. The van der Waals surface area contributed by atoms with E-state index in [0.717, 1.165) is 6.42 Å². The number of carbonyl (C=O) groups excluding carboxylic acids is 2. The van der Waals surface area contributed by atoms with E-state index in [1.807, 2.05) is 0 Å². The van der Waals surface area contributed by atoms with E-state index < -0.39 is 0 Å². The van der Waals surface area contributed by atoms with Crippen LogP contribution in [0, 0.1) is 5.92 Å². The maximum Gasteiger partial charge on any atom is 0.253 e. The van der Waals surface area contributed by atoms with Gasteiger partial charge in [-0.2, -0.15) is 0 Å². The van der Waals surface area contributed by atoms with Crippen LogP contribution in [0.25, 0.3) is 11.4 Å². The third-order valence-electron chi connectivity index (χ3n) is 5.19. The lowest BCUT2D eigenvalue weighted by molar-refractivity contribution is -0.121. The summed E-state index contributed by atoms with van der Waals surface area (Å²) in [5, 5.41) is 13.0. The molecule has 1 fully saturated rings. The summed E-state index contributed by atoms with van der Waals surface area (Å²) >= 11 is 5.90. The molecule has 0 bridgehead atoms. The van der Waals surface area contributed by atoms with Crippen LogP contribution in [0.3, 0.4) is 0 Å². The van der Waals surface area contributed by atoms with E-state index >= 15 is 0 Å². The first-order chi connectivity index (χ1) is 15.0. The average molecular weight is 437 g/mol. The van der Waals surface area contributed by atoms with Crippen molar-refractivity contribution in [1.82, 2.24) is 14.9 Å². The lowest BCUT2D eigenvalue weighted by Crippen LogP contribution is -2.43. The predicted octanol–water partition coefficient (Wildman–Crippen LogP) is 3.99. The summed E-state index contributed by atoms with van der Waals surface area (Å²) in [6, 6.07) is 13.4. The third kappa shape index (κ3) is 5.00. The van der Waals surface area contributed by atoms with Gasteiger partial charge in [0.1, 0.15) is 5.75 Å². The molecule has 1 saturated heterocycles. The molecule has 1 aliphatic rings. The Morgan fingerprint density at radius 1 is 1.10 bits per heavy atom. The van der Waals surface area contributed by atoms with Crippen LogP contribution in [-0.2, 0) is 4.79 Å². The highest BCUT2D eigenvalue weighted by molar-refractivity contribution is 6.30. The lowest BCUT2D eigenvalue weighted by atomic mass is 9.96. The van der Waals surface area contributed by atoms with E-state index in [9.17, 15) is 14.7 Å². The van der Waals surface area contributed by atoms with Crippen molar-refractivity contribution in [2.45, 2.75) is 12.8 Å². The number of halogens is 1. The number of nitrogens with one attached hydrogen (secondary N) is 1. The number of phenols is 1. The molecule has 2 aromatic carbocycles. The molecule has 3 aromatic rings. The van der Waals surface area contributed by atoms with E-state index in [1.165, 1.54) is 12.4 Å². The minimum atomic E-state index is -0.309. The number of aromatic hydroxyl groups is 1. The summed E-state index contributed by atoms with van der Waals surface area (Å²) in [4.78, 5) is 35.7. The van der Waals surface area contributed by atoms with Crippen molar-refractivity contribution in [2.75, 3.05) is 18.4 Å². The second-order valence-electron chi connectivity index (χ2n) is 7.43. The maximum atomic E-state index is 12.8. The van der Waals surface area contributed by atoms with E-state index in [1.54, 1.807) is 53.4 Å². The van der Waals surface area contributed by atoms with Gasteiger partial charge >= 0.3 is 0 Å². The molecule has 8 heteroatoms. The largest absolute Gasteiger partial charge is 0.508 e. The van der Waals surface area contributed by atoms with Crippen molar-refractivity contribution in [3.05, 3.63) is 71.5 Å². The van der Waals surface area contributed by atoms with E-state index in [-0.39, 0.29) is 23.5 Å². The molecular weight excluding hydrogens is 416 g/mol. The minimum absolute atomic E-state index is 0.104. The van der Waals surface area contributed by atoms with Gasteiger partial charge in [-0.15, -0.1) is 0 Å². The SMILES string of the molecule is O=C(Nc1cnc(-c2cccc(O)c2)nc1)C1CCCN(C(=O)c2ccc(Cl)cc2)C1. The number of likely N-dealkylation sites (tertiary alicyclic amines) is 1. The van der Waals surface area contributed by atoms with Gasteiger partial charge in [0.15, 0.2) is 5.82 Å². The summed E-state index contributed by atoms with van der Waals surface area (Å²) in [6.07, 6.45) is 4.52. The number of rotatable bonds is 4. The smallest absolute Gasteiger partial charge is 0.253 e. The van der Waals surface area contributed by atoms with Crippen LogP contribution in [0.2, 0.25) is 5.02 Å².